The van der Waals surface area contributed by atoms with Crippen LogP contribution in [0.5, 0.6) is 5.75 Å². The van der Waals surface area contributed by atoms with Gasteiger partial charge in [0, 0.05) is 20.1 Å². The van der Waals surface area contributed by atoms with Gasteiger partial charge in [-0.05, 0) is 65.4 Å². The maximum Gasteiger partial charge on any atom is 0.293 e. The number of carbonyl (C=O) groups excluding carboxylic acids is 2. The van der Waals surface area contributed by atoms with E-state index in [0.29, 0.717) is 38.4 Å². The normalized spacial score (nSPS) is 15.0. The summed E-state index contributed by atoms with van der Waals surface area (Å²) < 4.78 is 6.82. The number of halogens is 3. The second-order valence-corrected chi connectivity index (χ2v) is 9.71. The predicted octanol–water partition coefficient (Wildman–Crippen LogP) is 7.57. The van der Waals surface area contributed by atoms with E-state index in [9.17, 15) is 9.59 Å². The molecule has 0 bridgehead atoms. The van der Waals surface area contributed by atoms with Gasteiger partial charge in [-0.25, -0.2) is 0 Å². The average Bonchev–Trinajstić information content (AvgIpc) is 3.03. The number of imide groups is 1. The Bertz CT molecular complexity index is 1210. The molecule has 1 heterocycles. The van der Waals surface area contributed by atoms with Crippen LogP contribution in [-0.2, 0) is 17.9 Å². The van der Waals surface area contributed by atoms with E-state index in [1.165, 1.54) is 4.90 Å². The summed E-state index contributed by atoms with van der Waals surface area (Å²) in [5, 5.41) is 0.839. The molecule has 162 valence electrons. The summed E-state index contributed by atoms with van der Waals surface area (Å²) in [7, 11) is 0. The number of carbonyl (C=O) groups is 2. The molecule has 0 atom stereocenters. The van der Waals surface area contributed by atoms with E-state index < -0.39 is 0 Å². The number of hydrogen-bond acceptors (Lipinski definition) is 4. The second-order valence-electron chi connectivity index (χ2n) is 6.96. The Morgan fingerprint density at radius 2 is 1.75 bits per heavy atom. The summed E-state index contributed by atoms with van der Waals surface area (Å²) in [4.78, 5) is 27.0. The second kappa shape index (κ2) is 10.1. The largest absolute Gasteiger partial charge is 0.488 e. The molecule has 0 spiro atoms. The van der Waals surface area contributed by atoms with Crippen molar-refractivity contribution >= 4 is 68.1 Å². The molecule has 0 radical (unpaired) electrons. The highest BCUT2D eigenvalue weighted by Gasteiger charge is 2.35. The number of thioether (sulfide) groups is 1. The summed E-state index contributed by atoms with van der Waals surface area (Å²) >= 11 is 16.5. The molecule has 3 aromatic rings. The fraction of sp³-hybridized carbons (Fsp3) is 0.0833. The van der Waals surface area contributed by atoms with Crippen LogP contribution in [0.3, 0.4) is 0 Å². The lowest BCUT2D eigenvalue weighted by Crippen LogP contribution is -2.27. The van der Waals surface area contributed by atoms with Gasteiger partial charge in [-0.15, -0.1) is 0 Å². The fourth-order valence-electron chi connectivity index (χ4n) is 3.08. The van der Waals surface area contributed by atoms with Crippen LogP contribution >= 0.6 is 50.9 Å². The minimum atomic E-state index is -0.358. The fourth-order valence-corrected chi connectivity index (χ4v) is 4.61. The zero-order valence-corrected chi connectivity index (χ0v) is 20.5. The average molecular weight is 549 g/mol. The molecule has 4 rings (SSSR count). The Morgan fingerprint density at radius 3 is 2.50 bits per heavy atom. The lowest BCUT2D eigenvalue weighted by atomic mass is 10.1. The van der Waals surface area contributed by atoms with Crippen molar-refractivity contribution in [2.75, 3.05) is 0 Å². The Morgan fingerprint density at radius 1 is 1.00 bits per heavy atom. The molecule has 4 nitrogen and oxygen atoms in total. The van der Waals surface area contributed by atoms with Crippen LogP contribution in [0.15, 0.2) is 76.1 Å². The molecule has 0 N–H and O–H groups in total. The highest BCUT2D eigenvalue weighted by atomic mass is 79.9. The summed E-state index contributed by atoms with van der Waals surface area (Å²) in [5.74, 6) is 0.240. The van der Waals surface area contributed by atoms with Crippen molar-refractivity contribution < 1.29 is 14.3 Å². The van der Waals surface area contributed by atoms with E-state index in [2.05, 4.69) is 15.9 Å². The number of hydrogen-bond donors (Lipinski definition) is 0. The van der Waals surface area contributed by atoms with Gasteiger partial charge in [0.25, 0.3) is 11.1 Å². The monoisotopic (exact) mass is 547 g/mol. The third kappa shape index (κ3) is 5.38. The van der Waals surface area contributed by atoms with Crippen molar-refractivity contribution in [3.63, 3.8) is 0 Å². The predicted molar refractivity (Wildman–Crippen MR) is 133 cm³/mol. The van der Waals surface area contributed by atoms with E-state index in [-0.39, 0.29) is 17.7 Å². The molecule has 1 aliphatic heterocycles. The van der Waals surface area contributed by atoms with Gasteiger partial charge in [-0.1, -0.05) is 69.5 Å². The van der Waals surface area contributed by atoms with Crippen LogP contribution in [0, 0.1) is 0 Å². The molecule has 0 unspecified atom stereocenters. The first-order valence-corrected chi connectivity index (χ1v) is 11.9. The van der Waals surface area contributed by atoms with Gasteiger partial charge in [-0.2, -0.15) is 0 Å². The summed E-state index contributed by atoms with van der Waals surface area (Å²) in [5.41, 5.74) is 2.37. The van der Waals surface area contributed by atoms with Crippen molar-refractivity contribution in [2.45, 2.75) is 13.2 Å². The molecule has 0 saturated carbocycles. The molecule has 1 saturated heterocycles. The van der Waals surface area contributed by atoms with E-state index >= 15 is 0 Å². The number of benzene rings is 3. The van der Waals surface area contributed by atoms with Gasteiger partial charge < -0.3 is 4.74 Å². The zero-order valence-electron chi connectivity index (χ0n) is 16.6. The van der Waals surface area contributed by atoms with E-state index in [1.54, 1.807) is 36.4 Å². The molecule has 2 amide bonds. The lowest BCUT2D eigenvalue weighted by Gasteiger charge is -2.13. The number of nitrogens with zero attached hydrogens (tertiary/aromatic N) is 1. The van der Waals surface area contributed by atoms with Crippen LogP contribution in [-0.4, -0.2) is 16.0 Å². The summed E-state index contributed by atoms with van der Waals surface area (Å²) in [6.07, 6.45) is 1.68. The van der Waals surface area contributed by atoms with Crippen LogP contribution < -0.4 is 4.74 Å². The zero-order chi connectivity index (χ0) is 22.7. The molecule has 1 fully saturated rings. The minimum Gasteiger partial charge on any atom is -0.488 e. The quantitative estimate of drug-likeness (QED) is 0.298. The van der Waals surface area contributed by atoms with Crippen molar-refractivity contribution in [3.05, 3.63) is 103 Å². The van der Waals surface area contributed by atoms with Crippen molar-refractivity contribution in [1.29, 1.82) is 0 Å². The van der Waals surface area contributed by atoms with Gasteiger partial charge in [0.15, 0.2) is 0 Å². The maximum atomic E-state index is 13.0. The van der Waals surface area contributed by atoms with Gasteiger partial charge in [0.1, 0.15) is 12.4 Å². The van der Waals surface area contributed by atoms with E-state index in [4.69, 9.17) is 27.9 Å². The SMILES string of the molecule is O=C1S/C(=C\c2cc(Br)ccc2OCc2ccc(Cl)cc2)C(=O)N1Cc1ccccc1Cl. The third-order valence-electron chi connectivity index (χ3n) is 4.73. The molecule has 3 aromatic carbocycles. The lowest BCUT2D eigenvalue weighted by molar-refractivity contribution is -0.123. The highest BCUT2D eigenvalue weighted by molar-refractivity contribution is 9.10. The van der Waals surface area contributed by atoms with Crippen molar-refractivity contribution in [3.8, 4) is 5.75 Å². The summed E-state index contributed by atoms with van der Waals surface area (Å²) in [6.45, 7) is 0.466. The first kappa shape index (κ1) is 22.9. The van der Waals surface area contributed by atoms with Crippen LogP contribution in [0.4, 0.5) is 4.79 Å². The Labute approximate surface area is 208 Å². The van der Waals surface area contributed by atoms with Gasteiger partial charge >= 0.3 is 0 Å². The summed E-state index contributed by atoms with van der Waals surface area (Å²) in [6, 6.07) is 20.1. The maximum absolute atomic E-state index is 13.0. The molecular formula is C24H16BrCl2NO3S. The third-order valence-corrected chi connectivity index (χ3v) is 6.75. The van der Waals surface area contributed by atoms with Gasteiger partial charge in [0.2, 0.25) is 0 Å². The minimum absolute atomic E-state index is 0.125. The topological polar surface area (TPSA) is 46.6 Å². The standard InChI is InChI=1S/C24H16BrCl2NO3S/c25-18-7-10-21(31-14-15-5-8-19(26)9-6-15)17(11-18)12-22-23(29)28(24(30)32-22)13-16-3-1-2-4-20(16)27/h1-12H,13-14H2/b22-12-. The molecule has 8 heteroatoms. The highest BCUT2D eigenvalue weighted by Crippen LogP contribution is 2.36. The van der Waals surface area contributed by atoms with Gasteiger partial charge in [0.05, 0.1) is 11.4 Å². The van der Waals surface area contributed by atoms with Crippen molar-refractivity contribution in [2.24, 2.45) is 0 Å². The Kier molecular flexibility index (Phi) is 7.26. The van der Waals surface area contributed by atoms with Crippen LogP contribution in [0.2, 0.25) is 10.0 Å². The Hall–Kier alpha value is -2.25. The van der Waals surface area contributed by atoms with E-state index in [1.807, 2.05) is 36.4 Å². The molecule has 32 heavy (non-hydrogen) atoms. The molecule has 0 aromatic heterocycles. The van der Waals surface area contributed by atoms with Crippen molar-refractivity contribution in [1.82, 2.24) is 4.90 Å². The first-order valence-electron chi connectivity index (χ1n) is 9.56. The van der Waals surface area contributed by atoms with Crippen LogP contribution in [0.1, 0.15) is 16.7 Å². The number of amides is 2. The molecule has 0 aliphatic carbocycles. The first-order chi connectivity index (χ1) is 15.4. The van der Waals surface area contributed by atoms with Gasteiger partial charge in [-0.3, -0.25) is 14.5 Å². The smallest absolute Gasteiger partial charge is 0.293 e. The molecular weight excluding hydrogens is 533 g/mol. The molecule has 1 aliphatic rings. The van der Waals surface area contributed by atoms with E-state index in [0.717, 1.165) is 21.8 Å². The number of ether oxygens (including phenoxy) is 1. The Balaban J connectivity index is 1.55. The van der Waals surface area contributed by atoms with Crippen LogP contribution in [0.25, 0.3) is 6.08 Å². The number of rotatable bonds is 6.